The van der Waals surface area contributed by atoms with Crippen LogP contribution >= 0.6 is 11.3 Å². The summed E-state index contributed by atoms with van der Waals surface area (Å²) in [5.74, 6) is -3.26. The van der Waals surface area contributed by atoms with Crippen molar-refractivity contribution in [2.75, 3.05) is 5.32 Å². The Bertz CT molecular complexity index is 1050. The maximum absolute atomic E-state index is 12.7. The zero-order valence-electron chi connectivity index (χ0n) is 18.9. The molecule has 1 aliphatic rings. The summed E-state index contributed by atoms with van der Waals surface area (Å²) in [4.78, 5) is 54.8. The van der Waals surface area contributed by atoms with Gasteiger partial charge in [-0.3, -0.25) is 19.8 Å². The average Bonchev–Trinajstić information content (AvgIpc) is 3.15. The first kappa shape index (κ1) is 24.4. The Morgan fingerprint density at radius 3 is 2.52 bits per heavy atom. The molecule has 1 aromatic carbocycles. The molecular weight excluding hydrogens is 446 g/mol. The molecule has 0 aliphatic carbocycles. The van der Waals surface area contributed by atoms with Gasteiger partial charge in [0.1, 0.15) is 11.6 Å². The van der Waals surface area contributed by atoms with Crippen LogP contribution in [0.15, 0.2) is 36.5 Å². The molecule has 1 aliphatic heterocycles. The molecule has 0 unspecified atom stereocenters. The highest BCUT2D eigenvalue weighted by atomic mass is 32.1. The quantitative estimate of drug-likeness (QED) is 0.588. The molecule has 9 nitrogen and oxygen atoms in total. The number of β-lactam (4-membered cyclic amide) rings is 1. The van der Waals surface area contributed by atoms with Crippen LogP contribution in [-0.2, 0) is 25.5 Å². The van der Waals surface area contributed by atoms with Crippen molar-refractivity contribution in [3.05, 3.63) is 47.0 Å². The Hall–Kier alpha value is -3.27. The predicted octanol–water partition coefficient (Wildman–Crippen LogP) is 3.66. The molecule has 0 spiro atoms. The van der Waals surface area contributed by atoms with E-state index in [1.165, 1.54) is 6.20 Å². The van der Waals surface area contributed by atoms with Crippen molar-refractivity contribution in [1.82, 2.24) is 9.88 Å². The first-order valence-electron chi connectivity index (χ1n) is 10.5. The van der Waals surface area contributed by atoms with Gasteiger partial charge in [0.2, 0.25) is 11.8 Å². The molecule has 0 saturated carbocycles. The number of thiazole rings is 1. The van der Waals surface area contributed by atoms with Crippen molar-refractivity contribution in [2.24, 2.45) is 5.92 Å². The Labute approximate surface area is 195 Å². The fourth-order valence-electron chi connectivity index (χ4n) is 3.64. The number of amides is 3. The summed E-state index contributed by atoms with van der Waals surface area (Å²) >= 11 is 1.13. The highest BCUT2D eigenvalue weighted by molar-refractivity contribution is 7.15. The standard InChI is InChI=1S/C23H27N3O6S/c1-13(14-8-6-5-7-9-14)10-17(27)26-18(20(29)30)16(19(26)28)11-15-12-24-21(33-15)25-22(31)32-23(2,3)4/h5-9,12-13,16,18H,10-11H2,1-4H3,(H,29,30)(H,24,25,31)/t13-,16+,18-/m0/s1. The summed E-state index contributed by atoms with van der Waals surface area (Å²) in [5.41, 5.74) is 0.280. The maximum Gasteiger partial charge on any atom is 0.413 e. The Balaban J connectivity index is 1.63. The van der Waals surface area contributed by atoms with Gasteiger partial charge in [0, 0.05) is 17.5 Å². The zero-order chi connectivity index (χ0) is 24.3. The molecule has 0 radical (unpaired) electrons. The van der Waals surface area contributed by atoms with Crippen LogP contribution in [0.5, 0.6) is 0 Å². The van der Waals surface area contributed by atoms with Gasteiger partial charge in [-0.25, -0.2) is 14.6 Å². The lowest BCUT2D eigenvalue weighted by molar-refractivity contribution is -0.177. The van der Waals surface area contributed by atoms with Crippen molar-refractivity contribution in [2.45, 2.75) is 58.1 Å². The number of aromatic nitrogens is 1. The number of imide groups is 1. The number of nitrogens with one attached hydrogen (secondary N) is 1. The molecule has 2 heterocycles. The van der Waals surface area contributed by atoms with Crippen molar-refractivity contribution in [3.8, 4) is 0 Å². The van der Waals surface area contributed by atoms with Crippen LogP contribution in [0, 0.1) is 5.92 Å². The summed E-state index contributed by atoms with van der Waals surface area (Å²) in [6.45, 7) is 7.08. The van der Waals surface area contributed by atoms with Crippen LogP contribution in [0.4, 0.5) is 9.93 Å². The van der Waals surface area contributed by atoms with Gasteiger partial charge in [0.25, 0.3) is 0 Å². The van der Waals surface area contributed by atoms with Gasteiger partial charge < -0.3 is 9.84 Å². The minimum Gasteiger partial charge on any atom is -0.480 e. The van der Waals surface area contributed by atoms with Crippen molar-refractivity contribution >= 4 is 40.3 Å². The zero-order valence-corrected chi connectivity index (χ0v) is 19.7. The van der Waals surface area contributed by atoms with Crippen LogP contribution in [0.25, 0.3) is 0 Å². The summed E-state index contributed by atoms with van der Waals surface area (Å²) in [5, 5.41) is 12.5. The topological polar surface area (TPSA) is 126 Å². The second kappa shape index (κ2) is 9.70. The second-order valence-electron chi connectivity index (χ2n) is 8.97. The van der Waals surface area contributed by atoms with E-state index < -0.39 is 41.4 Å². The SMILES string of the molecule is C[C@@H](CC(=O)N1C(=O)[C@H](Cc2cnc(NC(=O)OC(C)(C)C)s2)[C@H]1C(=O)O)c1ccccc1. The normalized spacial score (nSPS) is 18.9. The minimum atomic E-state index is -1.23. The summed E-state index contributed by atoms with van der Waals surface area (Å²) in [7, 11) is 0. The van der Waals surface area contributed by atoms with Gasteiger partial charge in [-0.1, -0.05) is 37.3 Å². The average molecular weight is 474 g/mol. The third-order valence-electron chi connectivity index (χ3n) is 5.17. The van der Waals surface area contributed by atoms with E-state index in [9.17, 15) is 24.3 Å². The van der Waals surface area contributed by atoms with Crippen molar-refractivity contribution in [1.29, 1.82) is 0 Å². The first-order chi connectivity index (χ1) is 15.5. The molecular formula is C23H27N3O6S. The lowest BCUT2D eigenvalue weighted by Crippen LogP contribution is -2.66. The number of nitrogens with zero attached hydrogens (tertiary/aromatic N) is 2. The first-order valence-corrected chi connectivity index (χ1v) is 11.4. The van der Waals surface area contributed by atoms with Crippen molar-refractivity contribution in [3.63, 3.8) is 0 Å². The van der Waals surface area contributed by atoms with Gasteiger partial charge in [-0.2, -0.15) is 0 Å². The number of aliphatic carboxylic acids is 1. The van der Waals surface area contributed by atoms with E-state index in [2.05, 4.69) is 10.3 Å². The van der Waals surface area contributed by atoms with Gasteiger partial charge in [0.15, 0.2) is 5.13 Å². The smallest absolute Gasteiger partial charge is 0.413 e. The molecule has 10 heteroatoms. The third-order valence-corrected chi connectivity index (χ3v) is 6.10. The summed E-state index contributed by atoms with van der Waals surface area (Å²) in [6, 6.07) is 8.15. The van der Waals surface area contributed by atoms with Gasteiger partial charge in [-0.15, -0.1) is 11.3 Å². The number of hydrogen-bond donors (Lipinski definition) is 2. The number of hydrogen-bond acceptors (Lipinski definition) is 7. The van der Waals surface area contributed by atoms with Gasteiger partial charge >= 0.3 is 12.1 Å². The van der Waals surface area contributed by atoms with Gasteiger partial charge in [0.05, 0.1) is 5.92 Å². The predicted molar refractivity (Wildman–Crippen MR) is 122 cm³/mol. The van der Waals surface area contributed by atoms with Crippen LogP contribution in [0.1, 0.15) is 50.5 Å². The van der Waals surface area contributed by atoms with Gasteiger partial charge in [-0.05, 0) is 38.7 Å². The minimum absolute atomic E-state index is 0.0385. The number of carboxylic acids is 1. The van der Waals surface area contributed by atoms with Crippen molar-refractivity contribution < 1.29 is 29.0 Å². The highest BCUT2D eigenvalue weighted by Gasteiger charge is 2.54. The molecule has 1 aromatic heterocycles. The number of rotatable bonds is 7. The summed E-state index contributed by atoms with van der Waals surface area (Å²) < 4.78 is 5.17. The number of carboxylic acid groups (broad SMARTS) is 1. The molecule has 3 amide bonds. The number of anilines is 1. The van der Waals surface area contributed by atoms with Crippen LogP contribution in [0.3, 0.4) is 0 Å². The monoisotopic (exact) mass is 473 g/mol. The molecule has 176 valence electrons. The number of carbonyl (C=O) groups is 4. The second-order valence-corrected chi connectivity index (χ2v) is 10.1. The van der Waals surface area contributed by atoms with Crippen LogP contribution in [0.2, 0.25) is 0 Å². The van der Waals surface area contributed by atoms with E-state index in [0.29, 0.717) is 4.88 Å². The van der Waals surface area contributed by atoms with E-state index in [1.54, 1.807) is 20.8 Å². The Morgan fingerprint density at radius 1 is 1.24 bits per heavy atom. The van der Waals surface area contributed by atoms with E-state index >= 15 is 0 Å². The third kappa shape index (κ3) is 5.95. The van der Waals surface area contributed by atoms with E-state index in [0.717, 1.165) is 21.8 Å². The molecule has 1 fully saturated rings. The maximum atomic E-state index is 12.7. The number of likely N-dealkylation sites (tertiary alicyclic amines) is 1. The number of benzene rings is 1. The lowest BCUT2D eigenvalue weighted by atomic mass is 9.83. The van der Waals surface area contributed by atoms with E-state index in [-0.39, 0.29) is 23.9 Å². The molecule has 0 bridgehead atoms. The van der Waals surface area contributed by atoms with Crippen LogP contribution < -0.4 is 5.32 Å². The van der Waals surface area contributed by atoms with E-state index in [1.807, 2.05) is 37.3 Å². The molecule has 33 heavy (non-hydrogen) atoms. The van der Waals surface area contributed by atoms with Crippen LogP contribution in [-0.4, -0.2) is 50.5 Å². The number of carbonyl (C=O) groups excluding carboxylic acids is 3. The molecule has 1 saturated heterocycles. The molecule has 3 rings (SSSR count). The van der Waals surface area contributed by atoms with E-state index in [4.69, 9.17) is 4.74 Å². The Kier molecular flexibility index (Phi) is 7.16. The fraction of sp³-hybridized carbons (Fsp3) is 0.435. The molecule has 3 atom stereocenters. The summed E-state index contributed by atoms with van der Waals surface area (Å²) in [6.07, 6.45) is 0.972. The fourth-order valence-corrected chi connectivity index (χ4v) is 4.49. The largest absolute Gasteiger partial charge is 0.480 e. The molecule has 2 aromatic rings. The number of ether oxygens (including phenoxy) is 1. The lowest BCUT2D eigenvalue weighted by Gasteiger charge is -2.43. The molecule has 2 N–H and O–H groups in total. The Morgan fingerprint density at radius 2 is 1.91 bits per heavy atom. The highest BCUT2D eigenvalue weighted by Crippen LogP contribution is 2.34.